The van der Waals surface area contributed by atoms with Crippen molar-refractivity contribution in [3.05, 3.63) is 98.8 Å². The van der Waals surface area contributed by atoms with Crippen LogP contribution in [0, 0.1) is 0 Å². The van der Waals surface area contributed by atoms with Gasteiger partial charge in [0.25, 0.3) is 0 Å². The van der Waals surface area contributed by atoms with Gasteiger partial charge in [-0.05, 0) is 37.1 Å². The Kier molecular flexibility index (Phi) is 6.90. The van der Waals surface area contributed by atoms with Crippen LogP contribution in [0.15, 0.2) is 87.7 Å². The van der Waals surface area contributed by atoms with Crippen LogP contribution in [0.2, 0.25) is 0 Å². The van der Waals surface area contributed by atoms with Gasteiger partial charge >= 0.3 is 5.97 Å². The molecule has 1 heterocycles. The Hall–Kier alpha value is -3.12. The standard InChI is InChI=1S/C24H23BrN2O3/c1-15-20(23(28)26-13-7-10-17-8-4-3-5-9-17)22(18-11-6-12-19(25)14-18)21(24(29)30)16(2)27-15/h3-12,14,22,27H,13H2,1-2H3,(H,26,28)(H,29,30)/b10-7+. The van der Waals surface area contributed by atoms with Gasteiger partial charge in [-0.3, -0.25) is 4.79 Å². The SMILES string of the molecule is CC1=C(C(=O)O)C(c2cccc(Br)c2)C(C(=O)NC/C=C/c2ccccc2)=C(C)N1. The van der Waals surface area contributed by atoms with Gasteiger partial charge in [0, 0.05) is 28.0 Å². The summed E-state index contributed by atoms with van der Waals surface area (Å²) >= 11 is 3.44. The summed E-state index contributed by atoms with van der Waals surface area (Å²) in [6, 6.07) is 17.2. The molecule has 0 saturated heterocycles. The third-order valence-electron chi connectivity index (χ3n) is 4.91. The molecule has 6 heteroatoms. The van der Waals surface area contributed by atoms with Gasteiger partial charge in [-0.15, -0.1) is 0 Å². The average Bonchev–Trinajstić information content (AvgIpc) is 2.71. The molecule has 2 aromatic carbocycles. The molecule has 0 radical (unpaired) electrons. The van der Waals surface area contributed by atoms with E-state index >= 15 is 0 Å². The highest BCUT2D eigenvalue weighted by molar-refractivity contribution is 9.10. The summed E-state index contributed by atoms with van der Waals surface area (Å²) < 4.78 is 0.823. The molecule has 1 aliphatic heterocycles. The number of carboxylic acid groups (broad SMARTS) is 1. The zero-order chi connectivity index (χ0) is 21.7. The highest BCUT2D eigenvalue weighted by Crippen LogP contribution is 2.38. The molecule has 0 saturated carbocycles. The lowest BCUT2D eigenvalue weighted by Crippen LogP contribution is -2.36. The first-order valence-corrected chi connectivity index (χ1v) is 10.3. The Morgan fingerprint density at radius 3 is 2.43 bits per heavy atom. The van der Waals surface area contributed by atoms with E-state index in [9.17, 15) is 14.7 Å². The van der Waals surface area contributed by atoms with Crippen LogP contribution in [0.25, 0.3) is 6.08 Å². The topological polar surface area (TPSA) is 78.4 Å². The normalized spacial score (nSPS) is 16.6. The molecule has 0 aliphatic carbocycles. The van der Waals surface area contributed by atoms with Gasteiger partial charge in [0.2, 0.25) is 5.91 Å². The van der Waals surface area contributed by atoms with Gasteiger partial charge in [0.05, 0.1) is 11.5 Å². The molecule has 1 aliphatic rings. The minimum absolute atomic E-state index is 0.170. The van der Waals surface area contributed by atoms with Crippen molar-refractivity contribution in [1.82, 2.24) is 10.6 Å². The molecule has 0 bridgehead atoms. The zero-order valence-corrected chi connectivity index (χ0v) is 18.4. The van der Waals surface area contributed by atoms with Crippen LogP contribution >= 0.6 is 15.9 Å². The third-order valence-corrected chi connectivity index (χ3v) is 5.40. The van der Waals surface area contributed by atoms with Crippen molar-refractivity contribution in [3.63, 3.8) is 0 Å². The quantitative estimate of drug-likeness (QED) is 0.581. The molecule has 0 aromatic heterocycles. The predicted octanol–water partition coefficient (Wildman–Crippen LogP) is 4.60. The van der Waals surface area contributed by atoms with E-state index in [1.165, 1.54) is 0 Å². The fourth-order valence-electron chi connectivity index (χ4n) is 3.60. The molecular weight excluding hydrogens is 444 g/mol. The number of carbonyl (C=O) groups excluding carboxylic acids is 1. The van der Waals surface area contributed by atoms with Crippen LogP contribution in [0.4, 0.5) is 0 Å². The van der Waals surface area contributed by atoms with Crippen molar-refractivity contribution in [3.8, 4) is 0 Å². The summed E-state index contributed by atoms with van der Waals surface area (Å²) in [5.41, 5.74) is 3.54. The van der Waals surface area contributed by atoms with E-state index in [2.05, 4.69) is 26.6 Å². The van der Waals surface area contributed by atoms with Gasteiger partial charge < -0.3 is 15.7 Å². The lowest BCUT2D eigenvalue weighted by molar-refractivity contribution is -0.133. The first-order valence-electron chi connectivity index (χ1n) is 9.55. The first kappa shape index (κ1) is 21.6. The number of carbonyl (C=O) groups is 2. The summed E-state index contributed by atoms with van der Waals surface area (Å²) in [4.78, 5) is 25.1. The van der Waals surface area contributed by atoms with Gasteiger partial charge in [0.15, 0.2) is 0 Å². The number of hydrogen-bond acceptors (Lipinski definition) is 3. The number of amides is 1. The summed E-state index contributed by atoms with van der Waals surface area (Å²) in [7, 11) is 0. The molecule has 0 spiro atoms. The molecule has 1 atom stereocenters. The first-order chi connectivity index (χ1) is 14.4. The van der Waals surface area contributed by atoms with Gasteiger partial charge in [-0.25, -0.2) is 4.79 Å². The number of carboxylic acids is 1. The molecule has 30 heavy (non-hydrogen) atoms. The molecular formula is C24H23BrN2O3. The van der Waals surface area contributed by atoms with Gasteiger partial charge in [0.1, 0.15) is 0 Å². The number of dihydropyridines is 1. The van der Waals surface area contributed by atoms with E-state index in [-0.39, 0.29) is 11.5 Å². The summed E-state index contributed by atoms with van der Waals surface area (Å²) in [5.74, 6) is -2.01. The monoisotopic (exact) mass is 466 g/mol. The lowest BCUT2D eigenvalue weighted by Gasteiger charge is -2.30. The maximum absolute atomic E-state index is 13.1. The van der Waals surface area contributed by atoms with E-state index in [0.29, 0.717) is 23.5 Å². The highest BCUT2D eigenvalue weighted by Gasteiger charge is 2.36. The van der Waals surface area contributed by atoms with E-state index in [1.807, 2.05) is 66.7 Å². The van der Waals surface area contributed by atoms with E-state index in [0.717, 1.165) is 15.6 Å². The Labute approximate surface area is 184 Å². The number of aliphatic carboxylic acids is 1. The number of allylic oxidation sites excluding steroid dienone is 2. The summed E-state index contributed by atoms with van der Waals surface area (Å²) in [5, 5.41) is 15.8. The lowest BCUT2D eigenvalue weighted by atomic mass is 9.80. The van der Waals surface area contributed by atoms with Crippen molar-refractivity contribution in [2.75, 3.05) is 6.54 Å². The Morgan fingerprint density at radius 2 is 1.77 bits per heavy atom. The Morgan fingerprint density at radius 1 is 1.07 bits per heavy atom. The maximum atomic E-state index is 13.1. The second-order valence-electron chi connectivity index (χ2n) is 7.02. The fraction of sp³-hybridized carbons (Fsp3) is 0.167. The van der Waals surface area contributed by atoms with Gasteiger partial charge in [-0.1, -0.05) is 70.5 Å². The van der Waals surface area contributed by atoms with Crippen LogP contribution in [-0.4, -0.2) is 23.5 Å². The second kappa shape index (κ2) is 9.59. The number of rotatable bonds is 6. The van der Waals surface area contributed by atoms with E-state index < -0.39 is 11.9 Å². The van der Waals surface area contributed by atoms with E-state index in [4.69, 9.17) is 0 Å². The molecule has 2 aromatic rings. The van der Waals surface area contributed by atoms with Crippen molar-refractivity contribution in [2.45, 2.75) is 19.8 Å². The van der Waals surface area contributed by atoms with Gasteiger partial charge in [-0.2, -0.15) is 0 Å². The van der Waals surface area contributed by atoms with Crippen molar-refractivity contribution in [2.24, 2.45) is 0 Å². The van der Waals surface area contributed by atoms with Crippen LogP contribution < -0.4 is 10.6 Å². The Balaban J connectivity index is 1.88. The molecule has 3 rings (SSSR count). The molecule has 3 N–H and O–H groups in total. The molecule has 1 amide bonds. The van der Waals surface area contributed by atoms with Crippen molar-refractivity contribution < 1.29 is 14.7 Å². The highest BCUT2D eigenvalue weighted by atomic mass is 79.9. The zero-order valence-electron chi connectivity index (χ0n) is 16.8. The maximum Gasteiger partial charge on any atom is 0.334 e. The molecule has 5 nitrogen and oxygen atoms in total. The van der Waals surface area contributed by atoms with Crippen LogP contribution in [0.3, 0.4) is 0 Å². The molecule has 1 unspecified atom stereocenters. The smallest absolute Gasteiger partial charge is 0.334 e. The third kappa shape index (κ3) is 4.89. The summed E-state index contributed by atoms with van der Waals surface area (Å²) in [6.45, 7) is 3.85. The second-order valence-corrected chi connectivity index (χ2v) is 7.93. The largest absolute Gasteiger partial charge is 0.478 e. The number of benzene rings is 2. The average molecular weight is 467 g/mol. The number of halogens is 1. The molecule has 0 fully saturated rings. The fourth-order valence-corrected chi connectivity index (χ4v) is 4.02. The minimum atomic E-state index is -1.05. The minimum Gasteiger partial charge on any atom is -0.478 e. The Bertz CT molecular complexity index is 1060. The molecule has 154 valence electrons. The van der Waals surface area contributed by atoms with Crippen LogP contribution in [0.5, 0.6) is 0 Å². The van der Waals surface area contributed by atoms with E-state index in [1.54, 1.807) is 13.8 Å². The van der Waals surface area contributed by atoms with Crippen LogP contribution in [0.1, 0.15) is 30.9 Å². The van der Waals surface area contributed by atoms with Crippen molar-refractivity contribution in [1.29, 1.82) is 0 Å². The summed E-state index contributed by atoms with van der Waals surface area (Å²) in [6.07, 6.45) is 3.80. The number of nitrogens with one attached hydrogen (secondary N) is 2. The van der Waals surface area contributed by atoms with Crippen LogP contribution in [-0.2, 0) is 9.59 Å². The van der Waals surface area contributed by atoms with Crippen molar-refractivity contribution >= 4 is 33.9 Å². The predicted molar refractivity (Wildman–Crippen MR) is 122 cm³/mol. The number of hydrogen-bond donors (Lipinski definition) is 3.